The fraction of sp³-hybridized carbons (Fsp3) is 0.0566. The van der Waals surface area contributed by atoms with Crippen LogP contribution in [0.1, 0.15) is 25.3 Å². The van der Waals surface area contributed by atoms with Crippen molar-refractivity contribution >= 4 is 82.4 Å². The lowest BCUT2D eigenvalue weighted by atomic mass is 9.78. The van der Waals surface area contributed by atoms with E-state index >= 15 is 0 Å². The minimum Gasteiger partial charge on any atom is -0.454 e. The summed E-state index contributed by atoms with van der Waals surface area (Å²) in [6.45, 7) is 4.51. The summed E-state index contributed by atoms with van der Waals surface area (Å²) in [6.07, 6.45) is 0. The van der Waals surface area contributed by atoms with Gasteiger partial charge in [0.05, 0.1) is 16.7 Å². The van der Waals surface area contributed by atoms with Gasteiger partial charge in [-0.15, -0.1) is 0 Å². The van der Waals surface area contributed by atoms with Crippen LogP contribution in [0.3, 0.4) is 0 Å². The van der Waals surface area contributed by atoms with Crippen molar-refractivity contribution in [2.24, 2.45) is 0 Å². The summed E-state index contributed by atoms with van der Waals surface area (Å²) in [6, 6.07) is 64.5. The molecule has 2 heterocycles. The molecule has 9 aromatic carbocycles. The average molecular weight is 717 g/mol. The smallest absolute Gasteiger partial charge is 0.159 e. The summed E-state index contributed by atoms with van der Waals surface area (Å²) < 4.78 is 9.02. The molecule has 12 rings (SSSR count). The summed E-state index contributed by atoms with van der Waals surface area (Å²) in [4.78, 5) is 2.37. The SMILES string of the molecule is CC(C)c1cccc(N(c2ccc3cc4c(cc3c2)-c2cc3ccc(-n5c6ccccc6c6ccccc65)cc3cc2-4)c2cccc3c2oc2ccccc23)c1. The van der Waals surface area contributed by atoms with E-state index in [-0.39, 0.29) is 0 Å². The zero-order valence-corrected chi connectivity index (χ0v) is 31.1. The van der Waals surface area contributed by atoms with E-state index in [1.807, 2.05) is 6.07 Å². The fourth-order valence-corrected chi connectivity index (χ4v) is 9.24. The number of anilines is 3. The van der Waals surface area contributed by atoms with Gasteiger partial charge in [-0.25, -0.2) is 0 Å². The van der Waals surface area contributed by atoms with Gasteiger partial charge in [-0.05, 0) is 140 Å². The maximum atomic E-state index is 6.61. The largest absolute Gasteiger partial charge is 0.454 e. The monoisotopic (exact) mass is 716 g/mol. The third-order valence-corrected chi connectivity index (χ3v) is 12.0. The number of fused-ring (bicyclic) bond motifs is 12. The molecule has 3 heteroatoms. The number of aromatic nitrogens is 1. The van der Waals surface area contributed by atoms with Crippen LogP contribution in [0.4, 0.5) is 17.1 Å². The second-order valence-electron chi connectivity index (χ2n) is 15.6. The quantitative estimate of drug-likeness (QED) is 0.177. The molecule has 0 fully saturated rings. The Balaban J connectivity index is 0.981. The predicted octanol–water partition coefficient (Wildman–Crippen LogP) is 15.2. The van der Waals surface area contributed by atoms with Crippen LogP contribution < -0.4 is 4.90 Å². The minimum absolute atomic E-state index is 0.408. The van der Waals surface area contributed by atoms with Gasteiger partial charge in [0, 0.05) is 38.6 Å². The molecular weight excluding hydrogens is 681 g/mol. The van der Waals surface area contributed by atoms with Crippen LogP contribution in [-0.2, 0) is 0 Å². The van der Waals surface area contributed by atoms with Gasteiger partial charge in [0.15, 0.2) is 5.58 Å². The third-order valence-electron chi connectivity index (χ3n) is 12.0. The maximum Gasteiger partial charge on any atom is 0.159 e. The fourth-order valence-electron chi connectivity index (χ4n) is 9.24. The molecule has 2 aromatic heterocycles. The molecular formula is C53H36N2O. The average Bonchev–Trinajstić information content (AvgIpc) is 3.79. The second kappa shape index (κ2) is 11.7. The lowest BCUT2D eigenvalue weighted by molar-refractivity contribution is 0.669. The van der Waals surface area contributed by atoms with Gasteiger partial charge in [0.1, 0.15) is 5.58 Å². The molecule has 0 spiro atoms. The van der Waals surface area contributed by atoms with Crippen molar-refractivity contribution in [3.63, 3.8) is 0 Å². The van der Waals surface area contributed by atoms with E-state index in [0.29, 0.717) is 5.92 Å². The Kier molecular flexibility index (Phi) is 6.53. The Morgan fingerprint density at radius 1 is 0.446 bits per heavy atom. The van der Waals surface area contributed by atoms with Gasteiger partial charge >= 0.3 is 0 Å². The number of hydrogen-bond donors (Lipinski definition) is 0. The number of benzene rings is 9. The maximum absolute atomic E-state index is 6.61. The first-order valence-electron chi connectivity index (χ1n) is 19.5. The molecule has 0 radical (unpaired) electrons. The van der Waals surface area contributed by atoms with Crippen molar-refractivity contribution in [3.8, 4) is 27.9 Å². The Morgan fingerprint density at radius 2 is 1.02 bits per heavy atom. The van der Waals surface area contributed by atoms with Crippen LogP contribution in [0.2, 0.25) is 0 Å². The first-order valence-corrected chi connectivity index (χ1v) is 19.5. The van der Waals surface area contributed by atoms with E-state index in [4.69, 9.17) is 4.42 Å². The van der Waals surface area contributed by atoms with Gasteiger partial charge in [-0.1, -0.05) is 105 Å². The molecule has 0 N–H and O–H groups in total. The highest BCUT2D eigenvalue weighted by Crippen LogP contribution is 2.51. The molecule has 264 valence electrons. The molecule has 11 aromatic rings. The summed E-state index contributed by atoms with van der Waals surface area (Å²) in [5.41, 5.74) is 15.2. The van der Waals surface area contributed by atoms with Gasteiger partial charge in [-0.2, -0.15) is 0 Å². The van der Waals surface area contributed by atoms with Gasteiger partial charge < -0.3 is 13.9 Å². The van der Waals surface area contributed by atoms with E-state index in [9.17, 15) is 0 Å². The second-order valence-corrected chi connectivity index (χ2v) is 15.6. The van der Waals surface area contributed by atoms with Crippen molar-refractivity contribution in [1.82, 2.24) is 4.57 Å². The first kappa shape index (κ1) is 31.3. The Morgan fingerprint density at radius 3 is 1.73 bits per heavy atom. The van der Waals surface area contributed by atoms with Crippen molar-refractivity contribution in [2.75, 3.05) is 4.90 Å². The Hall–Kier alpha value is -7.10. The van der Waals surface area contributed by atoms with Gasteiger partial charge in [0.25, 0.3) is 0 Å². The van der Waals surface area contributed by atoms with Crippen LogP contribution in [0, 0.1) is 0 Å². The normalized spacial score (nSPS) is 12.3. The molecule has 0 atom stereocenters. The van der Waals surface area contributed by atoms with Gasteiger partial charge in [0.2, 0.25) is 0 Å². The van der Waals surface area contributed by atoms with E-state index < -0.39 is 0 Å². The minimum atomic E-state index is 0.408. The topological polar surface area (TPSA) is 21.3 Å². The Labute approximate surface area is 324 Å². The number of nitrogens with zero attached hydrogens (tertiary/aromatic N) is 2. The van der Waals surface area contributed by atoms with Crippen molar-refractivity contribution < 1.29 is 4.42 Å². The van der Waals surface area contributed by atoms with Crippen molar-refractivity contribution in [2.45, 2.75) is 19.8 Å². The van der Waals surface area contributed by atoms with E-state index in [1.54, 1.807) is 0 Å². The molecule has 3 nitrogen and oxygen atoms in total. The van der Waals surface area contributed by atoms with E-state index in [1.165, 1.54) is 76.9 Å². The molecule has 0 aliphatic heterocycles. The number of furan rings is 1. The number of para-hydroxylation sites is 4. The molecule has 0 unspecified atom stereocenters. The highest BCUT2D eigenvalue weighted by atomic mass is 16.3. The summed E-state index contributed by atoms with van der Waals surface area (Å²) in [5.74, 6) is 0.408. The standard InChI is InChI=1S/C53H36N2O/c1-32(2)33-11-9-12-38(25-33)54(51-19-10-16-44-43-15-5-8-20-52(43)56-53(44)51)39-23-21-34-28-45-47(30-36(34)26-39)46-29-35-22-24-40(27-37(35)31-48(45)46)55-49-17-6-3-13-41(49)42-14-4-7-18-50(42)55/h3-32H,1-2H3. The van der Waals surface area contributed by atoms with Crippen LogP contribution in [0.25, 0.3) is 93.2 Å². The van der Waals surface area contributed by atoms with E-state index in [0.717, 1.165) is 39.0 Å². The van der Waals surface area contributed by atoms with Crippen LogP contribution in [0.5, 0.6) is 0 Å². The molecule has 1 aliphatic carbocycles. The Bertz CT molecular complexity index is 3360. The highest BCUT2D eigenvalue weighted by molar-refractivity contribution is 6.14. The van der Waals surface area contributed by atoms with Crippen LogP contribution in [0.15, 0.2) is 180 Å². The zero-order valence-electron chi connectivity index (χ0n) is 31.1. The summed E-state index contributed by atoms with van der Waals surface area (Å²) in [7, 11) is 0. The molecule has 0 amide bonds. The molecule has 1 aliphatic rings. The lowest BCUT2D eigenvalue weighted by Crippen LogP contribution is -2.11. The van der Waals surface area contributed by atoms with Gasteiger partial charge in [-0.3, -0.25) is 0 Å². The van der Waals surface area contributed by atoms with Crippen molar-refractivity contribution in [3.05, 3.63) is 181 Å². The molecule has 0 bridgehead atoms. The number of hydrogen-bond acceptors (Lipinski definition) is 2. The lowest BCUT2D eigenvalue weighted by Gasteiger charge is -2.28. The van der Waals surface area contributed by atoms with Crippen LogP contribution >= 0.6 is 0 Å². The number of rotatable bonds is 5. The first-order chi connectivity index (χ1) is 27.6. The summed E-state index contributed by atoms with van der Waals surface area (Å²) in [5, 5.41) is 9.77. The predicted molar refractivity (Wildman–Crippen MR) is 236 cm³/mol. The third kappa shape index (κ3) is 4.52. The molecule has 56 heavy (non-hydrogen) atoms. The van der Waals surface area contributed by atoms with Crippen LogP contribution in [-0.4, -0.2) is 4.57 Å². The molecule has 0 saturated carbocycles. The molecule has 0 saturated heterocycles. The van der Waals surface area contributed by atoms with Crippen molar-refractivity contribution in [1.29, 1.82) is 0 Å². The van der Waals surface area contributed by atoms with E-state index in [2.05, 4.69) is 193 Å². The summed E-state index contributed by atoms with van der Waals surface area (Å²) >= 11 is 0. The highest BCUT2D eigenvalue weighted by Gasteiger charge is 2.25. The zero-order chi connectivity index (χ0) is 37.1.